The molecule has 7 aromatic rings. The fourth-order valence-electron chi connectivity index (χ4n) is 9.33. The van der Waals surface area contributed by atoms with Gasteiger partial charge in [0.15, 0.2) is 28.6 Å². The summed E-state index contributed by atoms with van der Waals surface area (Å²) >= 11 is 2.32. The summed E-state index contributed by atoms with van der Waals surface area (Å²) in [6, 6.07) is 27.5. The molecular formula is C56H56IN11O9. The molecule has 0 unspecified atom stereocenters. The van der Waals surface area contributed by atoms with Gasteiger partial charge in [-0.3, -0.25) is 19.1 Å². The van der Waals surface area contributed by atoms with E-state index in [0.717, 1.165) is 44.2 Å². The SMILES string of the molecule is COc1ccc2cc(-c3cc4c(cc3CI)OCO4)ncc2c1OC(=O)CCc1ccccc1/N=N/c1ccc(COC(=O)N(C)CCN(C)C(=O)n2ccc3c(N(C)[C@@H]4CN(C(=O)CC#N)CC[C@@H]4C)ncnc32)cc1. The molecule has 3 amide bonds. The molecule has 4 aromatic carbocycles. The number of fused-ring (bicyclic) bond motifs is 3. The minimum atomic E-state index is -0.558. The van der Waals surface area contributed by atoms with Crippen molar-refractivity contribution in [2.45, 2.75) is 49.7 Å². The Morgan fingerprint density at radius 3 is 2.45 bits per heavy atom. The van der Waals surface area contributed by atoms with Crippen LogP contribution in [0.2, 0.25) is 0 Å². The van der Waals surface area contributed by atoms with Crippen LogP contribution in [0.5, 0.6) is 23.0 Å². The van der Waals surface area contributed by atoms with Gasteiger partial charge in [0, 0.05) is 75.1 Å². The molecule has 1 fully saturated rings. The number of aromatic nitrogens is 4. The Hall–Kier alpha value is -8.39. The Morgan fingerprint density at radius 2 is 1.68 bits per heavy atom. The van der Waals surface area contributed by atoms with E-state index < -0.39 is 12.1 Å². The second-order valence-corrected chi connectivity index (χ2v) is 19.5. The fourth-order valence-corrected chi connectivity index (χ4v) is 9.96. The zero-order valence-electron chi connectivity index (χ0n) is 43.2. The van der Waals surface area contributed by atoms with Crippen LogP contribution in [0, 0.1) is 17.2 Å². The maximum Gasteiger partial charge on any atom is 0.409 e. The summed E-state index contributed by atoms with van der Waals surface area (Å²) in [7, 11) is 6.70. The standard InChI is InChI=1S/C56H56IN11O9/c1-35-19-22-67(50(69)18-21-58)31-46(35)66(4)53-41-20-23-68(54(41)61-33-60-53)55(71)64(2)24-25-65(3)56(72)74-32-36-10-14-40(15-11-36)62-63-44-9-7-6-8-37(44)13-17-51(70)77-52-43-30-59-45(26-38(43)12-16-47(52)73-5)42-28-49-48(75-34-76-49)27-39(42)29-57/h6-12,14-16,20,23,26-28,30,33,35,46H,13,17-19,22,24-25,29,31-32,34H2,1-5H3/b63-62+/t35-,46+/m0/s1. The summed E-state index contributed by atoms with van der Waals surface area (Å²) in [6.45, 7) is 3.80. The number of anilines is 1. The predicted molar refractivity (Wildman–Crippen MR) is 295 cm³/mol. The molecule has 0 bridgehead atoms. The summed E-state index contributed by atoms with van der Waals surface area (Å²) in [5, 5.41) is 20.1. The van der Waals surface area contributed by atoms with Gasteiger partial charge in [-0.1, -0.05) is 65.9 Å². The molecule has 9 rings (SSSR count). The number of ether oxygens (including phenoxy) is 5. The van der Waals surface area contributed by atoms with Gasteiger partial charge in [-0.25, -0.2) is 19.6 Å². The van der Waals surface area contributed by atoms with Crippen molar-refractivity contribution in [2.75, 3.05) is 66.1 Å². The monoisotopic (exact) mass is 1150 g/mol. The summed E-state index contributed by atoms with van der Waals surface area (Å²) < 4.78 is 30.6. The molecule has 77 heavy (non-hydrogen) atoms. The van der Waals surface area contributed by atoms with Crippen LogP contribution in [0.15, 0.2) is 114 Å². The van der Waals surface area contributed by atoms with Crippen LogP contribution in [0.25, 0.3) is 33.1 Å². The molecule has 0 spiro atoms. The predicted octanol–water partition coefficient (Wildman–Crippen LogP) is 10.0. The number of nitriles is 1. The third-order valence-electron chi connectivity index (χ3n) is 13.8. The lowest BCUT2D eigenvalue weighted by atomic mass is 9.92. The first kappa shape index (κ1) is 53.4. The zero-order valence-corrected chi connectivity index (χ0v) is 45.4. The highest BCUT2D eigenvalue weighted by Gasteiger charge is 2.33. The van der Waals surface area contributed by atoms with Gasteiger partial charge in [-0.2, -0.15) is 15.5 Å². The maximum atomic E-state index is 13.7. The van der Waals surface area contributed by atoms with Crippen molar-refractivity contribution >= 4 is 85.6 Å². The molecule has 0 aliphatic carbocycles. The van der Waals surface area contributed by atoms with Crippen LogP contribution in [0.1, 0.15) is 42.9 Å². The number of pyridine rings is 1. The van der Waals surface area contributed by atoms with E-state index >= 15 is 0 Å². The molecule has 5 heterocycles. The van der Waals surface area contributed by atoms with Crippen molar-refractivity contribution in [1.82, 2.24) is 34.2 Å². The lowest BCUT2D eigenvalue weighted by Crippen LogP contribution is -2.52. The van der Waals surface area contributed by atoms with Crippen molar-refractivity contribution in [3.05, 3.63) is 120 Å². The van der Waals surface area contributed by atoms with E-state index in [9.17, 15) is 19.2 Å². The Labute approximate surface area is 458 Å². The van der Waals surface area contributed by atoms with Gasteiger partial charge >= 0.3 is 18.1 Å². The molecule has 1 saturated heterocycles. The number of carbonyl (C=O) groups excluding carboxylic acids is 4. The van der Waals surface area contributed by atoms with E-state index in [2.05, 4.69) is 49.7 Å². The van der Waals surface area contributed by atoms with Gasteiger partial charge in [0.25, 0.3) is 0 Å². The number of hydrogen-bond donors (Lipinski definition) is 0. The first-order valence-electron chi connectivity index (χ1n) is 24.9. The third-order valence-corrected chi connectivity index (χ3v) is 14.7. The number of likely N-dealkylation sites (tertiary alicyclic amines) is 1. The number of aryl methyl sites for hydroxylation is 1. The quantitative estimate of drug-likeness (QED) is 0.0272. The molecule has 21 heteroatoms. The van der Waals surface area contributed by atoms with Crippen LogP contribution >= 0.6 is 22.6 Å². The number of benzene rings is 4. The number of piperidine rings is 1. The number of methoxy groups -OCH3 is 1. The highest BCUT2D eigenvalue weighted by molar-refractivity contribution is 14.1. The topological polar surface area (TPSA) is 220 Å². The Kier molecular flexibility index (Phi) is 16.7. The lowest BCUT2D eigenvalue weighted by molar-refractivity contribution is -0.134. The number of halogens is 1. The number of rotatable bonds is 17. The smallest absolute Gasteiger partial charge is 0.409 e. The molecule has 3 aromatic heterocycles. The van der Waals surface area contributed by atoms with Gasteiger partial charge in [0.05, 0.1) is 48.1 Å². The number of carbonyl (C=O) groups is 4. The largest absolute Gasteiger partial charge is 0.493 e. The van der Waals surface area contributed by atoms with Crippen LogP contribution in [-0.2, 0) is 31.8 Å². The van der Waals surface area contributed by atoms with E-state index in [1.54, 1.807) is 67.8 Å². The van der Waals surface area contributed by atoms with E-state index in [0.29, 0.717) is 70.4 Å². The zero-order chi connectivity index (χ0) is 54.2. The van der Waals surface area contributed by atoms with Gasteiger partial charge in [-0.05, 0) is 89.4 Å². The number of hydrogen-bond acceptors (Lipinski definition) is 16. The van der Waals surface area contributed by atoms with Gasteiger partial charge in [0.2, 0.25) is 12.7 Å². The molecule has 0 N–H and O–H groups in total. The average molecular weight is 1150 g/mol. The highest BCUT2D eigenvalue weighted by atomic mass is 127. The van der Waals surface area contributed by atoms with E-state index in [1.807, 2.05) is 66.5 Å². The van der Waals surface area contributed by atoms with E-state index in [4.69, 9.17) is 33.9 Å². The summed E-state index contributed by atoms with van der Waals surface area (Å²) in [4.78, 5) is 73.1. The number of esters is 1. The van der Waals surface area contributed by atoms with Crippen LogP contribution < -0.4 is 23.8 Å². The number of amides is 3. The molecule has 0 radical (unpaired) electrons. The Bertz CT molecular complexity index is 3420. The first-order valence-corrected chi connectivity index (χ1v) is 26.4. The normalized spacial score (nSPS) is 14.8. The number of azo groups is 1. The Balaban J connectivity index is 0.750. The van der Waals surface area contributed by atoms with Crippen molar-refractivity contribution in [2.24, 2.45) is 16.1 Å². The lowest BCUT2D eigenvalue weighted by Gasteiger charge is -2.42. The summed E-state index contributed by atoms with van der Waals surface area (Å²) in [5.41, 5.74) is 5.88. The van der Waals surface area contributed by atoms with Gasteiger partial charge in [0.1, 0.15) is 25.2 Å². The van der Waals surface area contributed by atoms with Crippen LogP contribution in [0.4, 0.5) is 26.8 Å². The average Bonchev–Trinajstić information content (AvgIpc) is 4.14. The van der Waals surface area contributed by atoms with Gasteiger partial charge < -0.3 is 43.3 Å². The van der Waals surface area contributed by atoms with Crippen molar-refractivity contribution in [3.63, 3.8) is 0 Å². The number of nitrogens with zero attached hydrogens (tertiary/aromatic N) is 11. The number of alkyl halides is 1. The third kappa shape index (κ3) is 12.0. The first-order chi connectivity index (χ1) is 37.3. The molecule has 20 nitrogen and oxygen atoms in total. The molecule has 396 valence electrons. The molecule has 0 saturated carbocycles. The highest BCUT2D eigenvalue weighted by Crippen LogP contribution is 2.42. The number of likely N-dealkylation sites (N-methyl/N-ethyl adjacent to an activating group) is 3. The van der Waals surface area contributed by atoms with Gasteiger partial charge in [-0.15, -0.1) is 0 Å². The Morgan fingerprint density at radius 1 is 0.896 bits per heavy atom. The maximum absolute atomic E-state index is 13.7. The molecular weight excluding hydrogens is 1100 g/mol. The summed E-state index contributed by atoms with van der Waals surface area (Å²) in [5.74, 6) is 2.32. The van der Waals surface area contributed by atoms with E-state index in [1.165, 1.54) is 27.8 Å². The van der Waals surface area contributed by atoms with Crippen LogP contribution in [-0.4, -0.2) is 125 Å². The minimum absolute atomic E-state index is 0.0108. The fraction of sp³-hybridized carbons (Fsp3) is 0.321. The van der Waals surface area contributed by atoms with Crippen molar-refractivity contribution in [1.29, 1.82) is 5.26 Å². The molecule has 2 aliphatic heterocycles. The van der Waals surface area contributed by atoms with Crippen molar-refractivity contribution in [3.8, 4) is 40.3 Å². The second kappa shape index (κ2) is 24.1. The van der Waals surface area contributed by atoms with Crippen LogP contribution in [0.3, 0.4) is 0 Å². The second-order valence-electron chi connectivity index (χ2n) is 18.8. The minimum Gasteiger partial charge on any atom is -0.493 e. The van der Waals surface area contributed by atoms with E-state index in [-0.39, 0.29) is 69.0 Å². The van der Waals surface area contributed by atoms with Crippen molar-refractivity contribution < 1.29 is 42.9 Å². The molecule has 2 atom stereocenters. The summed E-state index contributed by atoms with van der Waals surface area (Å²) in [6.07, 6.45) is 5.23. The molecule has 2 aliphatic rings.